The van der Waals surface area contributed by atoms with E-state index in [9.17, 15) is 4.79 Å². The highest BCUT2D eigenvalue weighted by Gasteiger charge is 2.06. The first-order valence-corrected chi connectivity index (χ1v) is 9.53. The molecule has 0 aliphatic carbocycles. The number of aliphatic imine (C=N–C) groups is 1. The van der Waals surface area contributed by atoms with E-state index in [1.165, 1.54) is 11.3 Å². The second-order valence-electron chi connectivity index (χ2n) is 5.63. The summed E-state index contributed by atoms with van der Waals surface area (Å²) in [6.07, 6.45) is 0.800. The van der Waals surface area contributed by atoms with E-state index in [1.54, 1.807) is 21.3 Å². The Bertz CT molecular complexity index is 754. The molecule has 7 nitrogen and oxygen atoms in total. The van der Waals surface area contributed by atoms with Crippen LogP contribution in [0.25, 0.3) is 0 Å². The number of hydrogen-bond acceptors (Lipinski definition) is 5. The van der Waals surface area contributed by atoms with Gasteiger partial charge in [0.2, 0.25) is 0 Å². The van der Waals surface area contributed by atoms with Crippen LogP contribution in [0.1, 0.15) is 21.7 Å². The Hall–Kier alpha value is -2.01. The molecule has 0 saturated heterocycles. The topological polar surface area (TPSA) is 84.0 Å². The summed E-state index contributed by atoms with van der Waals surface area (Å²) in [7, 11) is 4.96. The number of guanidine groups is 1. The number of carbonyl (C=O) groups excluding carboxylic acids is 1. The van der Waals surface area contributed by atoms with Crippen molar-refractivity contribution in [3.63, 3.8) is 0 Å². The molecule has 154 valence electrons. The second kappa shape index (κ2) is 13.2. The molecule has 0 aliphatic rings. The summed E-state index contributed by atoms with van der Waals surface area (Å²) >= 11 is 1.44. The summed E-state index contributed by atoms with van der Waals surface area (Å²) < 4.78 is 10.6. The average molecular weight is 518 g/mol. The maximum atomic E-state index is 11.8. The summed E-state index contributed by atoms with van der Waals surface area (Å²) in [4.78, 5) is 16.8. The average Bonchev–Trinajstić information content (AvgIpc) is 3.24. The van der Waals surface area contributed by atoms with Crippen LogP contribution in [0, 0.1) is 0 Å². The van der Waals surface area contributed by atoms with Gasteiger partial charge in [-0.15, -0.1) is 35.3 Å². The normalized spacial score (nSPS) is 10.6. The van der Waals surface area contributed by atoms with E-state index in [2.05, 4.69) is 20.9 Å². The Balaban J connectivity index is 0.00000392. The summed E-state index contributed by atoms with van der Waals surface area (Å²) in [5.41, 5.74) is 1.05. The lowest BCUT2D eigenvalue weighted by atomic mass is 10.2. The Labute approximate surface area is 186 Å². The maximum Gasteiger partial charge on any atom is 0.261 e. The molecule has 2 aromatic rings. The van der Waals surface area contributed by atoms with E-state index in [4.69, 9.17) is 9.47 Å². The first kappa shape index (κ1) is 24.0. The number of nitrogens with zero attached hydrogens (tertiary/aromatic N) is 1. The van der Waals surface area contributed by atoms with Crippen molar-refractivity contribution in [2.24, 2.45) is 4.99 Å². The highest BCUT2D eigenvalue weighted by molar-refractivity contribution is 14.0. The zero-order chi connectivity index (χ0) is 19.5. The van der Waals surface area contributed by atoms with Gasteiger partial charge in [-0.25, -0.2) is 0 Å². The van der Waals surface area contributed by atoms with Crippen LogP contribution in [-0.2, 0) is 6.54 Å². The maximum absolute atomic E-state index is 11.8. The van der Waals surface area contributed by atoms with Gasteiger partial charge in [0.25, 0.3) is 5.91 Å². The molecule has 0 bridgehead atoms. The van der Waals surface area contributed by atoms with Crippen LogP contribution >= 0.6 is 35.3 Å². The molecule has 0 atom stereocenters. The van der Waals surface area contributed by atoms with Gasteiger partial charge < -0.3 is 25.4 Å². The molecule has 1 heterocycles. The minimum atomic E-state index is -0.0269. The number of hydrogen-bond donors (Lipinski definition) is 3. The molecule has 0 fully saturated rings. The largest absolute Gasteiger partial charge is 0.493 e. The molecule has 3 N–H and O–H groups in total. The van der Waals surface area contributed by atoms with Gasteiger partial charge in [-0.05, 0) is 35.6 Å². The third kappa shape index (κ3) is 7.55. The first-order chi connectivity index (χ1) is 13.2. The Kier molecular flexibility index (Phi) is 11.3. The lowest BCUT2D eigenvalue weighted by Gasteiger charge is -2.13. The number of amides is 1. The molecular formula is C19H27IN4O3S. The van der Waals surface area contributed by atoms with E-state index in [-0.39, 0.29) is 29.9 Å². The smallest absolute Gasteiger partial charge is 0.261 e. The van der Waals surface area contributed by atoms with Crippen LogP contribution in [-0.4, -0.2) is 46.2 Å². The van der Waals surface area contributed by atoms with Crippen LogP contribution < -0.4 is 25.4 Å². The lowest BCUT2D eigenvalue weighted by molar-refractivity contribution is 0.0957. The number of rotatable bonds is 9. The number of benzene rings is 1. The van der Waals surface area contributed by atoms with Gasteiger partial charge in [-0.3, -0.25) is 9.79 Å². The van der Waals surface area contributed by atoms with Crippen LogP contribution in [0.5, 0.6) is 11.5 Å². The van der Waals surface area contributed by atoms with Crippen molar-refractivity contribution in [2.75, 3.05) is 34.4 Å². The predicted octanol–water partition coefficient (Wildman–Crippen LogP) is 2.87. The summed E-state index contributed by atoms with van der Waals surface area (Å²) in [6.45, 7) is 1.92. The fourth-order valence-electron chi connectivity index (χ4n) is 2.39. The van der Waals surface area contributed by atoms with Crippen LogP contribution in [0.3, 0.4) is 0 Å². The molecule has 1 aromatic carbocycles. The monoisotopic (exact) mass is 518 g/mol. The van der Waals surface area contributed by atoms with Crippen molar-refractivity contribution in [2.45, 2.75) is 13.0 Å². The molecule has 9 heteroatoms. The lowest BCUT2D eigenvalue weighted by Crippen LogP contribution is -2.38. The molecule has 0 saturated carbocycles. The summed E-state index contributed by atoms with van der Waals surface area (Å²) in [6, 6.07) is 9.47. The fourth-order valence-corrected chi connectivity index (χ4v) is 3.03. The molecule has 0 radical (unpaired) electrons. The number of halogens is 1. The van der Waals surface area contributed by atoms with Crippen LogP contribution in [0.4, 0.5) is 0 Å². The van der Waals surface area contributed by atoms with Gasteiger partial charge in [-0.1, -0.05) is 12.1 Å². The second-order valence-corrected chi connectivity index (χ2v) is 6.58. The Morgan fingerprint density at radius 3 is 2.46 bits per heavy atom. The zero-order valence-corrected chi connectivity index (χ0v) is 19.4. The molecule has 0 unspecified atom stereocenters. The van der Waals surface area contributed by atoms with Gasteiger partial charge in [0.05, 0.1) is 19.1 Å². The Morgan fingerprint density at radius 2 is 1.82 bits per heavy atom. The summed E-state index contributed by atoms with van der Waals surface area (Å²) in [5, 5.41) is 11.3. The van der Waals surface area contributed by atoms with Crippen molar-refractivity contribution >= 4 is 47.2 Å². The first-order valence-electron chi connectivity index (χ1n) is 8.65. The van der Waals surface area contributed by atoms with Gasteiger partial charge in [0.1, 0.15) is 0 Å². The van der Waals surface area contributed by atoms with Crippen LogP contribution in [0.2, 0.25) is 0 Å². The molecule has 28 heavy (non-hydrogen) atoms. The third-order valence-electron chi connectivity index (χ3n) is 3.81. The van der Waals surface area contributed by atoms with E-state index >= 15 is 0 Å². The fraction of sp³-hybridized carbons (Fsp3) is 0.368. The van der Waals surface area contributed by atoms with Crippen molar-refractivity contribution in [3.8, 4) is 11.5 Å². The number of ether oxygens (including phenoxy) is 2. The number of nitrogens with one attached hydrogen (secondary N) is 3. The van der Waals surface area contributed by atoms with Gasteiger partial charge in [0, 0.05) is 26.7 Å². The number of thiophene rings is 1. The quantitative estimate of drug-likeness (QED) is 0.206. The molecule has 0 aliphatic heterocycles. The van der Waals surface area contributed by atoms with Crippen molar-refractivity contribution in [1.29, 1.82) is 0 Å². The van der Waals surface area contributed by atoms with Gasteiger partial charge >= 0.3 is 0 Å². The zero-order valence-electron chi connectivity index (χ0n) is 16.3. The van der Waals surface area contributed by atoms with Crippen molar-refractivity contribution in [1.82, 2.24) is 16.0 Å². The number of carbonyl (C=O) groups is 1. The van der Waals surface area contributed by atoms with Crippen LogP contribution in [0.15, 0.2) is 40.7 Å². The molecule has 1 amide bonds. The Morgan fingerprint density at radius 1 is 1.07 bits per heavy atom. The van der Waals surface area contributed by atoms with Gasteiger partial charge in [-0.2, -0.15) is 0 Å². The third-order valence-corrected chi connectivity index (χ3v) is 4.68. The number of methoxy groups -OCH3 is 2. The standard InChI is InChI=1S/C19H26N4O3S.HI/c1-20-19(22-10-5-9-21-18(24)17-6-4-11-27-17)23-13-14-7-8-15(25-2)16(12-14)26-3;/h4,6-8,11-12H,5,9-10,13H2,1-3H3,(H,21,24)(H2,20,22,23);1H. The highest BCUT2D eigenvalue weighted by atomic mass is 127. The van der Waals surface area contributed by atoms with E-state index in [0.29, 0.717) is 37.1 Å². The van der Waals surface area contributed by atoms with Crippen molar-refractivity contribution in [3.05, 3.63) is 46.2 Å². The van der Waals surface area contributed by atoms with E-state index in [1.807, 2.05) is 35.7 Å². The molecular weight excluding hydrogens is 491 g/mol. The minimum absolute atomic E-state index is 0. The SMILES string of the molecule is CN=C(NCCCNC(=O)c1cccs1)NCc1ccc(OC)c(OC)c1.I. The summed E-state index contributed by atoms with van der Waals surface area (Å²) in [5.74, 6) is 2.07. The van der Waals surface area contributed by atoms with Crippen molar-refractivity contribution < 1.29 is 14.3 Å². The molecule has 2 rings (SSSR count). The molecule has 0 spiro atoms. The predicted molar refractivity (Wildman–Crippen MR) is 124 cm³/mol. The minimum Gasteiger partial charge on any atom is -0.493 e. The van der Waals surface area contributed by atoms with E-state index < -0.39 is 0 Å². The van der Waals surface area contributed by atoms with E-state index in [0.717, 1.165) is 16.9 Å². The molecule has 1 aromatic heterocycles. The highest BCUT2D eigenvalue weighted by Crippen LogP contribution is 2.27. The van der Waals surface area contributed by atoms with Gasteiger partial charge in [0.15, 0.2) is 17.5 Å².